The van der Waals surface area contributed by atoms with Crippen molar-refractivity contribution in [3.63, 3.8) is 0 Å². The van der Waals surface area contributed by atoms with Gasteiger partial charge in [0.05, 0.1) is 12.5 Å². The second-order valence-electron chi connectivity index (χ2n) is 15.9. The molecule has 0 unspecified atom stereocenters. The van der Waals surface area contributed by atoms with E-state index in [2.05, 4.69) is 17.6 Å². The Balaban J connectivity index is 1.13. The molecule has 12 heteroatoms. The van der Waals surface area contributed by atoms with Crippen molar-refractivity contribution in [2.75, 3.05) is 6.61 Å². The lowest BCUT2D eigenvalue weighted by molar-refractivity contribution is -0.184. The highest BCUT2D eigenvalue weighted by Crippen LogP contribution is 2.67. The van der Waals surface area contributed by atoms with Crippen LogP contribution in [-0.2, 0) is 39.9 Å². The van der Waals surface area contributed by atoms with Gasteiger partial charge in [0.15, 0.2) is 12.4 Å². The Kier molecular flexibility index (Phi) is 11.3. The Morgan fingerprint density at radius 2 is 1.69 bits per heavy atom. The van der Waals surface area contributed by atoms with Gasteiger partial charge >= 0.3 is 11.9 Å². The molecule has 12 nitrogen and oxygen atoms in total. The summed E-state index contributed by atoms with van der Waals surface area (Å²) in [6.45, 7) is 6.71. The van der Waals surface area contributed by atoms with E-state index < -0.39 is 71.3 Å². The predicted molar refractivity (Wildman–Crippen MR) is 185 cm³/mol. The summed E-state index contributed by atoms with van der Waals surface area (Å²) >= 11 is 0. The zero-order valence-corrected chi connectivity index (χ0v) is 30.0. The van der Waals surface area contributed by atoms with Crippen molar-refractivity contribution >= 4 is 35.3 Å². The maximum absolute atomic E-state index is 13.6. The normalized spacial score (nSPS) is 32.4. The minimum atomic E-state index is -1.80. The fourth-order valence-corrected chi connectivity index (χ4v) is 9.80. The lowest BCUT2D eigenvalue weighted by Crippen LogP contribution is -2.62. The van der Waals surface area contributed by atoms with E-state index in [4.69, 9.17) is 4.74 Å². The third-order valence-corrected chi connectivity index (χ3v) is 12.6. The van der Waals surface area contributed by atoms with Crippen LogP contribution < -0.4 is 10.6 Å². The number of aliphatic hydroxyl groups is 2. The fraction of sp³-hybridized carbons (Fsp3) is 0.641. The highest BCUT2D eigenvalue weighted by atomic mass is 16.5. The van der Waals surface area contributed by atoms with Crippen molar-refractivity contribution in [1.82, 2.24) is 10.6 Å². The van der Waals surface area contributed by atoms with Crippen LogP contribution in [0.3, 0.4) is 0 Å². The molecule has 4 aliphatic rings. The summed E-state index contributed by atoms with van der Waals surface area (Å²) in [5.74, 6) is -4.25. The molecule has 0 heterocycles. The average Bonchev–Trinajstić information content (AvgIpc) is 3.35. The van der Waals surface area contributed by atoms with Gasteiger partial charge in [-0.3, -0.25) is 24.0 Å². The lowest BCUT2D eigenvalue weighted by Gasteiger charge is -2.60. The molecule has 278 valence electrons. The number of nitrogens with one attached hydrogen (secondary N) is 2. The Hall–Kier alpha value is -3.90. The molecule has 0 radical (unpaired) electrons. The minimum Gasteiger partial charge on any atom is -0.480 e. The molecule has 0 aromatic heterocycles. The molecule has 0 spiro atoms. The van der Waals surface area contributed by atoms with Gasteiger partial charge in [-0.15, -0.1) is 0 Å². The van der Waals surface area contributed by atoms with Gasteiger partial charge in [-0.05, 0) is 79.3 Å². The van der Waals surface area contributed by atoms with Gasteiger partial charge in [0.1, 0.15) is 17.7 Å². The number of carboxylic acid groups (broad SMARTS) is 1. The standard InChI is InChI=1S/C39H52N2O10/c1-22(2)34(35(47)40-28(36(48)49)18-23-8-6-5-7-9-23)41-31(45)12-13-32(46)51-21-30(44)39(50)17-15-27-26-11-10-24-19-25(42)14-16-37(24,3)33(26)29(43)20-38(27,39)4/h5-9,19,22,26-29,33-34,43,50H,10-18,20-21H2,1-4H3,(H,40,47)(H,41,45)(H,48,49)/t26-,27-,28+,29-,33+,34+,37-,38-,39-/m0/s1. The minimum absolute atomic E-state index is 0.0227. The van der Waals surface area contributed by atoms with Gasteiger partial charge in [0.2, 0.25) is 17.6 Å². The number of ether oxygens (including phenoxy) is 1. The number of amides is 2. The number of allylic oxidation sites excluding steroid dienone is 1. The topological polar surface area (TPSA) is 196 Å². The Morgan fingerprint density at radius 1 is 0.980 bits per heavy atom. The van der Waals surface area contributed by atoms with Crippen molar-refractivity contribution in [3.8, 4) is 0 Å². The molecule has 5 N–H and O–H groups in total. The van der Waals surface area contributed by atoms with E-state index >= 15 is 0 Å². The number of aliphatic hydroxyl groups excluding tert-OH is 1. The number of Topliss-reactive ketones (excluding diaryl/α,β-unsaturated/α-hetero) is 1. The molecule has 3 fully saturated rings. The molecule has 0 aliphatic heterocycles. The second kappa shape index (κ2) is 15.0. The third kappa shape index (κ3) is 7.53. The van der Waals surface area contributed by atoms with Crippen LogP contribution in [0.15, 0.2) is 42.0 Å². The predicted octanol–water partition coefficient (Wildman–Crippen LogP) is 3.07. The van der Waals surface area contributed by atoms with E-state index in [1.807, 2.05) is 6.92 Å². The van der Waals surface area contributed by atoms with E-state index in [0.29, 0.717) is 19.3 Å². The van der Waals surface area contributed by atoms with Gasteiger partial charge in [-0.2, -0.15) is 0 Å². The molecule has 3 saturated carbocycles. The van der Waals surface area contributed by atoms with Crippen LogP contribution in [0.1, 0.15) is 91.0 Å². The summed E-state index contributed by atoms with van der Waals surface area (Å²) in [6.07, 6.45) is 3.98. The molecule has 0 saturated heterocycles. The first-order valence-electron chi connectivity index (χ1n) is 18.2. The average molecular weight is 709 g/mol. The number of carbonyl (C=O) groups excluding carboxylic acids is 5. The summed E-state index contributed by atoms with van der Waals surface area (Å²) < 4.78 is 5.25. The summed E-state index contributed by atoms with van der Waals surface area (Å²) in [5.41, 5.74) is -1.20. The van der Waals surface area contributed by atoms with Gasteiger partial charge in [-0.25, -0.2) is 4.79 Å². The first-order chi connectivity index (χ1) is 24.0. The van der Waals surface area contributed by atoms with Crippen LogP contribution in [0.25, 0.3) is 0 Å². The van der Waals surface area contributed by atoms with E-state index in [1.54, 1.807) is 50.3 Å². The summed E-state index contributed by atoms with van der Waals surface area (Å²) in [5, 5.41) is 38.3. The molecule has 0 bridgehead atoms. The van der Waals surface area contributed by atoms with E-state index in [1.165, 1.54) is 0 Å². The fourth-order valence-electron chi connectivity index (χ4n) is 9.80. The first kappa shape index (κ1) is 38.3. The molecule has 2 amide bonds. The van der Waals surface area contributed by atoms with Gasteiger partial charge in [0, 0.05) is 24.7 Å². The zero-order valence-electron chi connectivity index (χ0n) is 30.0. The van der Waals surface area contributed by atoms with Gasteiger partial charge in [0.25, 0.3) is 0 Å². The molecule has 4 aliphatic carbocycles. The first-order valence-corrected chi connectivity index (χ1v) is 18.2. The van der Waals surface area contributed by atoms with Crippen LogP contribution in [0.5, 0.6) is 0 Å². The Labute approximate surface area is 298 Å². The smallest absolute Gasteiger partial charge is 0.326 e. The number of carbonyl (C=O) groups is 6. The number of esters is 1. The van der Waals surface area contributed by atoms with Crippen LogP contribution >= 0.6 is 0 Å². The Bertz CT molecular complexity index is 1570. The number of benzene rings is 1. The third-order valence-electron chi connectivity index (χ3n) is 12.6. The van der Waals surface area contributed by atoms with Crippen molar-refractivity contribution in [2.45, 2.75) is 116 Å². The molecule has 5 rings (SSSR count). The van der Waals surface area contributed by atoms with Crippen LogP contribution in [0.4, 0.5) is 0 Å². The maximum Gasteiger partial charge on any atom is 0.326 e. The van der Waals surface area contributed by atoms with E-state index in [0.717, 1.165) is 24.0 Å². The summed E-state index contributed by atoms with van der Waals surface area (Å²) in [6, 6.07) is 6.57. The Morgan fingerprint density at radius 3 is 2.35 bits per heavy atom. The summed E-state index contributed by atoms with van der Waals surface area (Å²) in [7, 11) is 0. The van der Waals surface area contributed by atoms with Crippen molar-refractivity contribution in [2.24, 2.45) is 34.5 Å². The highest BCUT2D eigenvalue weighted by molar-refractivity contribution is 5.93. The lowest BCUT2D eigenvalue weighted by atomic mass is 9.45. The molecule has 51 heavy (non-hydrogen) atoms. The SMILES string of the molecule is CC(C)[C@@H](NC(=O)CCC(=O)OCC(=O)[C@@]1(O)CC[C@H]2[C@@H]3CCC4=CC(=O)CC[C@]4(C)[C@H]3[C@@H](O)C[C@@]21C)C(=O)N[C@H](Cc1ccccc1)C(=O)O. The molecular weight excluding hydrogens is 656 g/mol. The number of hydrogen-bond acceptors (Lipinski definition) is 9. The maximum atomic E-state index is 13.6. The number of fused-ring (bicyclic) bond motifs is 5. The molecule has 9 atom stereocenters. The van der Waals surface area contributed by atoms with E-state index in [9.17, 15) is 44.1 Å². The second-order valence-corrected chi connectivity index (χ2v) is 15.9. The van der Waals surface area contributed by atoms with Gasteiger partial charge < -0.3 is 30.7 Å². The number of ketones is 2. The van der Waals surface area contributed by atoms with Gasteiger partial charge in [-0.1, -0.05) is 63.6 Å². The largest absolute Gasteiger partial charge is 0.480 e. The van der Waals surface area contributed by atoms with Crippen LogP contribution in [-0.4, -0.2) is 81.0 Å². The van der Waals surface area contributed by atoms with Crippen LogP contribution in [0, 0.1) is 34.5 Å². The van der Waals surface area contributed by atoms with Crippen molar-refractivity contribution < 1.29 is 48.8 Å². The molecular formula is C39H52N2O10. The highest BCUT2D eigenvalue weighted by Gasteiger charge is 2.68. The van der Waals surface area contributed by atoms with Crippen LogP contribution in [0.2, 0.25) is 0 Å². The number of hydrogen-bond donors (Lipinski definition) is 5. The number of aliphatic carboxylic acids is 1. The number of rotatable bonds is 13. The van der Waals surface area contributed by atoms with Crippen molar-refractivity contribution in [3.05, 3.63) is 47.5 Å². The number of carboxylic acids is 1. The quantitative estimate of drug-likeness (QED) is 0.190. The zero-order chi connectivity index (χ0) is 37.3. The van der Waals surface area contributed by atoms with Crippen molar-refractivity contribution in [1.29, 1.82) is 0 Å². The molecule has 1 aromatic carbocycles. The van der Waals surface area contributed by atoms with E-state index in [-0.39, 0.29) is 61.1 Å². The summed E-state index contributed by atoms with van der Waals surface area (Å²) in [4.78, 5) is 76.1. The monoisotopic (exact) mass is 708 g/mol. The molecule has 1 aromatic rings.